The third-order valence-corrected chi connectivity index (χ3v) is 4.16. The number of benzene rings is 3. The van der Waals surface area contributed by atoms with E-state index in [9.17, 15) is 10.1 Å². The fourth-order valence-corrected chi connectivity index (χ4v) is 2.94. The number of para-hydroxylation sites is 2. The summed E-state index contributed by atoms with van der Waals surface area (Å²) in [5, 5.41) is 11.1. The Kier molecular flexibility index (Phi) is 5.61. The van der Waals surface area contributed by atoms with Crippen molar-refractivity contribution in [2.75, 3.05) is 4.90 Å². The highest BCUT2D eigenvalue weighted by Gasteiger charge is 2.13. The van der Waals surface area contributed by atoms with Gasteiger partial charge < -0.3 is 4.90 Å². The molecule has 0 amide bonds. The summed E-state index contributed by atoms with van der Waals surface area (Å²) >= 11 is 0. The molecule has 3 aromatic rings. The van der Waals surface area contributed by atoms with Crippen molar-refractivity contribution in [2.24, 2.45) is 4.99 Å². The van der Waals surface area contributed by atoms with Gasteiger partial charge >= 0.3 is 0 Å². The predicted octanol–water partition coefficient (Wildman–Crippen LogP) is 5.89. The Labute approximate surface area is 158 Å². The molecule has 0 spiro atoms. The van der Waals surface area contributed by atoms with Crippen LogP contribution in [0.4, 0.5) is 22.7 Å². The normalized spacial score (nSPS) is 11.1. The van der Waals surface area contributed by atoms with Crippen LogP contribution in [0.25, 0.3) is 0 Å². The van der Waals surface area contributed by atoms with Crippen molar-refractivity contribution in [1.29, 1.82) is 0 Å². The Bertz CT molecular complexity index is 935. The second-order valence-electron chi connectivity index (χ2n) is 6.39. The third kappa shape index (κ3) is 4.39. The van der Waals surface area contributed by atoms with Crippen LogP contribution in [0.3, 0.4) is 0 Å². The quantitative estimate of drug-likeness (QED) is 0.313. The monoisotopic (exact) mass is 359 g/mol. The van der Waals surface area contributed by atoms with E-state index in [1.807, 2.05) is 42.5 Å². The second kappa shape index (κ2) is 8.27. The van der Waals surface area contributed by atoms with E-state index in [4.69, 9.17) is 0 Å². The molecule has 0 fully saturated rings. The summed E-state index contributed by atoms with van der Waals surface area (Å²) in [6.45, 7) is 4.29. The largest absolute Gasteiger partial charge is 0.339 e. The number of nitrogens with zero attached hydrogens (tertiary/aromatic N) is 3. The number of aliphatic imine (C=N–C) groups is 1. The molecule has 0 saturated carbocycles. The Hall–Kier alpha value is -3.47. The van der Waals surface area contributed by atoms with E-state index in [0.29, 0.717) is 11.6 Å². The number of hydrogen-bond acceptors (Lipinski definition) is 4. The van der Waals surface area contributed by atoms with Gasteiger partial charge in [0.25, 0.3) is 5.69 Å². The van der Waals surface area contributed by atoms with Crippen LogP contribution in [-0.2, 0) is 0 Å². The first-order valence-electron chi connectivity index (χ1n) is 8.78. The molecule has 0 saturated heterocycles. The van der Waals surface area contributed by atoms with E-state index in [-0.39, 0.29) is 5.69 Å². The van der Waals surface area contributed by atoms with Crippen molar-refractivity contribution in [2.45, 2.75) is 19.9 Å². The zero-order valence-corrected chi connectivity index (χ0v) is 15.3. The van der Waals surface area contributed by atoms with Gasteiger partial charge in [-0.05, 0) is 56.3 Å². The first-order valence-corrected chi connectivity index (χ1v) is 8.78. The van der Waals surface area contributed by atoms with E-state index in [0.717, 1.165) is 17.1 Å². The van der Waals surface area contributed by atoms with Crippen molar-refractivity contribution in [3.8, 4) is 0 Å². The van der Waals surface area contributed by atoms with Crippen molar-refractivity contribution in [3.05, 3.63) is 94.5 Å². The summed E-state index contributed by atoms with van der Waals surface area (Å²) in [5.41, 5.74) is 3.48. The average molecular weight is 359 g/mol. The molecule has 0 atom stereocenters. The first-order chi connectivity index (χ1) is 13.1. The molecule has 0 aliphatic carbocycles. The lowest BCUT2D eigenvalue weighted by atomic mass is 10.1. The highest BCUT2D eigenvalue weighted by atomic mass is 16.6. The van der Waals surface area contributed by atoms with Crippen LogP contribution < -0.4 is 4.90 Å². The van der Waals surface area contributed by atoms with Gasteiger partial charge in [-0.15, -0.1) is 0 Å². The number of rotatable bonds is 6. The molecule has 3 aromatic carbocycles. The molecule has 3 rings (SSSR count). The Morgan fingerprint density at radius 1 is 0.889 bits per heavy atom. The first kappa shape index (κ1) is 18.3. The van der Waals surface area contributed by atoms with Gasteiger partial charge in [-0.2, -0.15) is 0 Å². The molecule has 0 aromatic heterocycles. The van der Waals surface area contributed by atoms with E-state index >= 15 is 0 Å². The average Bonchev–Trinajstić information content (AvgIpc) is 2.68. The van der Waals surface area contributed by atoms with E-state index < -0.39 is 4.92 Å². The molecule has 0 heterocycles. The Morgan fingerprint density at radius 2 is 1.48 bits per heavy atom. The molecule has 0 radical (unpaired) electrons. The number of hydrogen-bond donors (Lipinski definition) is 0. The molecule has 0 unspecified atom stereocenters. The van der Waals surface area contributed by atoms with Crippen LogP contribution in [0.15, 0.2) is 83.9 Å². The summed E-state index contributed by atoms with van der Waals surface area (Å²) in [5.74, 6) is 0. The van der Waals surface area contributed by atoms with Gasteiger partial charge in [-0.1, -0.05) is 30.3 Å². The summed E-state index contributed by atoms with van der Waals surface area (Å²) in [6.07, 6.45) is 1.53. The summed E-state index contributed by atoms with van der Waals surface area (Å²) in [4.78, 5) is 17.3. The fourth-order valence-electron chi connectivity index (χ4n) is 2.94. The highest BCUT2D eigenvalue weighted by Crippen LogP contribution is 2.29. The van der Waals surface area contributed by atoms with Crippen molar-refractivity contribution in [1.82, 2.24) is 0 Å². The predicted molar refractivity (Wildman–Crippen MR) is 111 cm³/mol. The van der Waals surface area contributed by atoms with Crippen LogP contribution in [-0.4, -0.2) is 17.2 Å². The van der Waals surface area contributed by atoms with Gasteiger partial charge in [-0.3, -0.25) is 15.1 Å². The zero-order valence-electron chi connectivity index (χ0n) is 15.3. The highest BCUT2D eigenvalue weighted by molar-refractivity contribution is 5.87. The maximum absolute atomic E-state index is 11.1. The minimum atomic E-state index is -0.398. The van der Waals surface area contributed by atoms with E-state index in [1.54, 1.807) is 18.2 Å². The molecule has 136 valence electrons. The molecule has 0 aliphatic heterocycles. The van der Waals surface area contributed by atoms with Gasteiger partial charge in [0, 0.05) is 29.7 Å². The second-order valence-corrected chi connectivity index (χ2v) is 6.39. The summed E-state index contributed by atoms with van der Waals surface area (Å²) < 4.78 is 0. The minimum Gasteiger partial charge on any atom is -0.339 e. The van der Waals surface area contributed by atoms with Crippen LogP contribution in [0.5, 0.6) is 0 Å². The van der Waals surface area contributed by atoms with Crippen molar-refractivity contribution in [3.63, 3.8) is 0 Å². The topological polar surface area (TPSA) is 58.7 Å². The van der Waals surface area contributed by atoms with Crippen LogP contribution in [0.1, 0.15) is 19.4 Å². The number of nitro groups is 1. The van der Waals surface area contributed by atoms with Crippen LogP contribution in [0, 0.1) is 10.1 Å². The van der Waals surface area contributed by atoms with Gasteiger partial charge in [-0.25, -0.2) is 0 Å². The lowest BCUT2D eigenvalue weighted by Gasteiger charge is -2.29. The van der Waals surface area contributed by atoms with E-state index in [1.165, 1.54) is 12.3 Å². The summed E-state index contributed by atoms with van der Waals surface area (Å²) in [6, 6.07) is 24.9. The molecule has 0 N–H and O–H groups in total. The lowest BCUT2D eigenvalue weighted by molar-refractivity contribution is -0.385. The van der Waals surface area contributed by atoms with Gasteiger partial charge in [0.05, 0.1) is 16.2 Å². The third-order valence-electron chi connectivity index (χ3n) is 4.16. The van der Waals surface area contributed by atoms with Gasteiger partial charge in [0.1, 0.15) is 0 Å². The Morgan fingerprint density at radius 3 is 2.11 bits per heavy atom. The van der Waals surface area contributed by atoms with E-state index in [2.05, 4.69) is 35.9 Å². The van der Waals surface area contributed by atoms with Gasteiger partial charge in [0.15, 0.2) is 0 Å². The summed E-state index contributed by atoms with van der Waals surface area (Å²) in [7, 11) is 0. The maximum Gasteiger partial charge on any atom is 0.278 e. The molecule has 0 aliphatic rings. The smallest absolute Gasteiger partial charge is 0.278 e. The fraction of sp³-hybridized carbons (Fsp3) is 0.136. The van der Waals surface area contributed by atoms with Crippen molar-refractivity contribution >= 4 is 29.0 Å². The Balaban J connectivity index is 1.84. The standard InChI is InChI=1S/C22H21N3O2/c1-17(2)24(20-9-4-3-5-10-20)21-14-12-19(13-15-21)23-16-18-8-6-7-11-22(18)25(26)27/h3-17H,1-2H3. The maximum atomic E-state index is 11.1. The van der Waals surface area contributed by atoms with Crippen LogP contribution >= 0.6 is 0 Å². The molecular formula is C22H21N3O2. The molecule has 5 nitrogen and oxygen atoms in total. The van der Waals surface area contributed by atoms with Crippen molar-refractivity contribution < 1.29 is 4.92 Å². The molecule has 5 heteroatoms. The molecule has 27 heavy (non-hydrogen) atoms. The molecule has 0 bridgehead atoms. The van der Waals surface area contributed by atoms with Crippen LogP contribution in [0.2, 0.25) is 0 Å². The number of anilines is 2. The zero-order chi connectivity index (χ0) is 19.2. The molecular weight excluding hydrogens is 338 g/mol. The minimum absolute atomic E-state index is 0.0490. The van der Waals surface area contributed by atoms with Gasteiger partial charge in [0.2, 0.25) is 0 Å². The lowest BCUT2D eigenvalue weighted by Crippen LogP contribution is -2.25. The number of nitro benzene ring substituents is 1. The SMILES string of the molecule is CC(C)N(c1ccccc1)c1ccc(N=Cc2ccccc2[N+](=O)[O-])cc1.